The van der Waals surface area contributed by atoms with Gasteiger partial charge in [-0.2, -0.15) is 0 Å². The lowest BCUT2D eigenvalue weighted by atomic mass is 9.88. The van der Waals surface area contributed by atoms with Gasteiger partial charge in [-0.3, -0.25) is 9.59 Å². The Morgan fingerprint density at radius 2 is 2.14 bits per heavy atom. The molecular weight excluding hydrogens is 284 g/mol. The fourth-order valence-corrected chi connectivity index (χ4v) is 4.12. The van der Waals surface area contributed by atoms with Gasteiger partial charge in [-0.05, 0) is 56.0 Å². The van der Waals surface area contributed by atoms with E-state index in [1.807, 2.05) is 19.2 Å². The van der Waals surface area contributed by atoms with E-state index in [0.29, 0.717) is 18.9 Å². The smallest absolute Gasteiger partial charge is 0.249 e. The van der Waals surface area contributed by atoms with Crippen LogP contribution in [0, 0.1) is 12.8 Å². The van der Waals surface area contributed by atoms with Crippen molar-refractivity contribution in [3.05, 3.63) is 21.9 Å². The van der Waals surface area contributed by atoms with E-state index < -0.39 is 5.54 Å². The maximum atomic E-state index is 13.0. The molecule has 1 saturated carbocycles. The van der Waals surface area contributed by atoms with Crippen molar-refractivity contribution in [3.63, 3.8) is 0 Å². The molecule has 2 heterocycles. The van der Waals surface area contributed by atoms with Crippen LogP contribution in [0.15, 0.2) is 11.4 Å². The van der Waals surface area contributed by atoms with Crippen molar-refractivity contribution in [3.8, 4) is 0 Å². The van der Waals surface area contributed by atoms with E-state index in [1.54, 1.807) is 16.2 Å². The number of carbonyl (C=O) groups is 2. The van der Waals surface area contributed by atoms with Crippen LogP contribution in [0.3, 0.4) is 0 Å². The number of rotatable bonds is 4. The average molecular weight is 306 g/mol. The number of nitrogens with zero attached hydrogens (tertiary/aromatic N) is 1. The topological polar surface area (TPSA) is 49.4 Å². The van der Waals surface area contributed by atoms with Gasteiger partial charge in [0.05, 0.1) is 6.54 Å². The van der Waals surface area contributed by atoms with E-state index in [9.17, 15) is 9.59 Å². The van der Waals surface area contributed by atoms with E-state index in [0.717, 1.165) is 12.8 Å². The van der Waals surface area contributed by atoms with Crippen LogP contribution >= 0.6 is 11.3 Å². The summed E-state index contributed by atoms with van der Waals surface area (Å²) in [5.74, 6) is 0.392. The highest BCUT2D eigenvalue weighted by molar-refractivity contribution is 7.10. The number of piperazine rings is 1. The Morgan fingerprint density at radius 1 is 1.43 bits per heavy atom. The molecule has 1 aliphatic carbocycles. The van der Waals surface area contributed by atoms with E-state index in [-0.39, 0.29) is 17.9 Å². The van der Waals surface area contributed by atoms with Gasteiger partial charge in [0.15, 0.2) is 0 Å². The molecule has 2 amide bonds. The average Bonchev–Trinajstić information content (AvgIpc) is 3.22. The monoisotopic (exact) mass is 306 g/mol. The van der Waals surface area contributed by atoms with Crippen LogP contribution in [-0.2, 0) is 16.1 Å². The maximum absolute atomic E-state index is 13.0. The molecule has 1 saturated heterocycles. The summed E-state index contributed by atoms with van der Waals surface area (Å²) in [5, 5.41) is 5.04. The largest absolute Gasteiger partial charge is 0.340 e. The summed E-state index contributed by atoms with van der Waals surface area (Å²) in [7, 11) is 0. The molecule has 0 aromatic carbocycles. The lowest BCUT2D eigenvalue weighted by Gasteiger charge is -2.44. The molecule has 21 heavy (non-hydrogen) atoms. The fraction of sp³-hybridized carbons (Fsp3) is 0.625. The highest BCUT2D eigenvalue weighted by Crippen LogP contribution is 2.42. The molecule has 0 radical (unpaired) electrons. The van der Waals surface area contributed by atoms with E-state index in [2.05, 4.69) is 18.3 Å². The van der Waals surface area contributed by atoms with Gasteiger partial charge in [-0.15, -0.1) is 11.3 Å². The third-order valence-corrected chi connectivity index (χ3v) is 5.84. The van der Waals surface area contributed by atoms with Gasteiger partial charge in [0, 0.05) is 4.88 Å². The lowest BCUT2D eigenvalue weighted by molar-refractivity contribution is -0.156. The molecule has 2 atom stereocenters. The first-order chi connectivity index (χ1) is 9.97. The molecule has 2 fully saturated rings. The van der Waals surface area contributed by atoms with E-state index in [4.69, 9.17) is 0 Å². The fourth-order valence-electron chi connectivity index (χ4n) is 3.22. The van der Waals surface area contributed by atoms with Gasteiger partial charge in [0.2, 0.25) is 11.8 Å². The second kappa shape index (κ2) is 5.13. The minimum atomic E-state index is -0.700. The van der Waals surface area contributed by atoms with Crippen molar-refractivity contribution >= 4 is 23.2 Å². The number of hydrogen-bond acceptors (Lipinski definition) is 3. The van der Waals surface area contributed by atoms with Crippen molar-refractivity contribution in [2.45, 2.75) is 58.2 Å². The van der Waals surface area contributed by atoms with Crippen molar-refractivity contribution < 1.29 is 9.59 Å². The van der Waals surface area contributed by atoms with Gasteiger partial charge in [-0.25, -0.2) is 0 Å². The third-order valence-electron chi connectivity index (χ3n) is 4.83. The van der Waals surface area contributed by atoms with Crippen molar-refractivity contribution in [1.82, 2.24) is 10.2 Å². The number of aryl methyl sites for hydroxylation is 1. The first-order valence-electron chi connectivity index (χ1n) is 7.63. The standard InChI is InChI=1S/C16H22N2O2S/c1-4-12-14(19)17-16(3,11-5-6-11)15(20)18(12)9-13-10(2)7-8-21-13/h7-8,11-12H,4-6,9H2,1-3H3,(H,17,19). The molecule has 1 aromatic rings. The van der Waals surface area contributed by atoms with Crippen LogP contribution in [0.2, 0.25) is 0 Å². The van der Waals surface area contributed by atoms with Gasteiger partial charge < -0.3 is 10.2 Å². The normalized spacial score (nSPS) is 29.7. The first-order valence-corrected chi connectivity index (χ1v) is 8.51. The minimum absolute atomic E-state index is 0.000657. The van der Waals surface area contributed by atoms with Gasteiger partial charge in [-0.1, -0.05) is 6.92 Å². The lowest BCUT2D eigenvalue weighted by Crippen LogP contribution is -2.69. The molecule has 5 heteroatoms. The predicted molar refractivity (Wildman–Crippen MR) is 83.0 cm³/mol. The van der Waals surface area contributed by atoms with Crippen LogP contribution in [0.4, 0.5) is 0 Å². The third kappa shape index (κ3) is 2.37. The predicted octanol–water partition coefficient (Wildman–Crippen LogP) is 2.46. The number of amides is 2. The zero-order chi connectivity index (χ0) is 15.2. The van der Waals surface area contributed by atoms with Crippen molar-refractivity contribution in [1.29, 1.82) is 0 Å². The van der Waals surface area contributed by atoms with Crippen LogP contribution in [0.25, 0.3) is 0 Å². The second-order valence-electron chi connectivity index (χ2n) is 6.35. The second-order valence-corrected chi connectivity index (χ2v) is 7.35. The molecule has 4 nitrogen and oxygen atoms in total. The quantitative estimate of drug-likeness (QED) is 0.929. The van der Waals surface area contributed by atoms with Gasteiger partial charge in [0.1, 0.15) is 11.6 Å². The van der Waals surface area contributed by atoms with Crippen molar-refractivity contribution in [2.75, 3.05) is 0 Å². The Morgan fingerprint density at radius 3 is 2.67 bits per heavy atom. The molecular formula is C16H22N2O2S. The number of hydrogen-bond donors (Lipinski definition) is 1. The molecule has 2 aliphatic rings. The highest BCUT2D eigenvalue weighted by atomic mass is 32.1. The molecule has 1 aromatic heterocycles. The summed E-state index contributed by atoms with van der Waals surface area (Å²) in [6, 6.07) is 1.72. The highest BCUT2D eigenvalue weighted by Gasteiger charge is 2.54. The Hall–Kier alpha value is -1.36. The summed E-state index contributed by atoms with van der Waals surface area (Å²) in [4.78, 5) is 28.4. The molecule has 114 valence electrons. The molecule has 1 N–H and O–H groups in total. The Balaban J connectivity index is 1.91. The maximum Gasteiger partial charge on any atom is 0.249 e. The SMILES string of the molecule is CCC1C(=O)NC(C)(C2CC2)C(=O)N1Cc1sccc1C. The molecule has 2 unspecified atom stereocenters. The van der Waals surface area contributed by atoms with Crippen molar-refractivity contribution in [2.24, 2.45) is 5.92 Å². The Kier molecular flexibility index (Phi) is 3.56. The van der Waals surface area contributed by atoms with Crippen LogP contribution in [0.1, 0.15) is 43.6 Å². The molecule has 0 bridgehead atoms. The molecule has 3 rings (SSSR count). The van der Waals surface area contributed by atoms with Crippen LogP contribution < -0.4 is 5.32 Å². The van der Waals surface area contributed by atoms with Gasteiger partial charge in [0.25, 0.3) is 0 Å². The van der Waals surface area contributed by atoms with E-state index in [1.165, 1.54) is 10.4 Å². The Labute approximate surface area is 129 Å². The number of nitrogens with one attached hydrogen (secondary N) is 1. The van der Waals surface area contributed by atoms with Crippen LogP contribution in [0.5, 0.6) is 0 Å². The molecule has 0 spiro atoms. The summed E-state index contributed by atoms with van der Waals surface area (Å²) in [5.41, 5.74) is 0.496. The number of thiophene rings is 1. The van der Waals surface area contributed by atoms with Crippen LogP contribution in [-0.4, -0.2) is 28.3 Å². The number of carbonyl (C=O) groups excluding carboxylic acids is 2. The molecule has 1 aliphatic heterocycles. The zero-order valence-corrected chi connectivity index (χ0v) is 13.6. The summed E-state index contributed by atoms with van der Waals surface area (Å²) in [6.45, 7) is 6.47. The van der Waals surface area contributed by atoms with Gasteiger partial charge >= 0.3 is 0 Å². The summed E-state index contributed by atoms with van der Waals surface area (Å²) < 4.78 is 0. The Bertz CT molecular complexity index is 579. The zero-order valence-electron chi connectivity index (χ0n) is 12.8. The minimum Gasteiger partial charge on any atom is -0.340 e. The first kappa shape index (κ1) is 14.6. The summed E-state index contributed by atoms with van der Waals surface area (Å²) >= 11 is 1.66. The summed E-state index contributed by atoms with van der Waals surface area (Å²) in [6.07, 6.45) is 2.72. The van der Waals surface area contributed by atoms with E-state index >= 15 is 0 Å².